The number of nitrogens with one attached hydrogen (secondary N) is 1. The normalized spacial score (nSPS) is 12.1. The maximum atomic E-state index is 14.2. The van der Waals surface area contributed by atoms with Gasteiger partial charge in [-0.05, 0) is 35.1 Å². The molecule has 7 nitrogen and oxygen atoms in total. The average molecular weight is 564 g/mol. The molecule has 1 atom stereocenters. The van der Waals surface area contributed by atoms with Crippen molar-refractivity contribution in [1.82, 2.24) is 10.2 Å². The van der Waals surface area contributed by atoms with Gasteiger partial charge in [0.15, 0.2) is 0 Å². The maximum Gasteiger partial charge on any atom is 0.244 e. The summed E-state index contributed by atoms with van der Waals surface area (Å²) in [7, 11) is -3.81. The summed E-state index contributed by atoms with van der Waals surface area (Å²) >= 11 is 0. The van der Waals surface area contributed by atoms with Crippen LogP contribution in [0.3, 0.4) is 0 Å². The summed E-state index contributed by atoms with van der Waals surface area (Å²) in [6.07, 6.45) is 3.16. The van der Waals surface area contributed by atoms with E-state index >= 15 is 0 Å². The Hall–Kier alpha value is -3.65. The van der Waals surface area contributed by atoms with Crippen LogP contribution in [0.1, 0.15) is 56.2 Å². The molecular weight excluding hydrogens is 522 g/mol. The van der Waals surface area contributed by atoms with Crippen LogP contribution in [0.5, 0.6) is 0 Å². The fourth-order valence-electron chi connectivity index (χ4n) is 4.64. The standard InChI is InChI=1S/C32H41N3O4S/c1-5-6-21-33-32(37)30(22-26-15-9-7-10-16-26)34(23-27-17-11-8-12-18-27)31(36)24-35(40(4,38)39)29-20-14-13-19-28(29)25(2)3/h7-20,25,30H,5-6,21-24H2,1-4H3,(H,33,37)/t30-/m1/s1. The van der Waals surface area contributed by atoms with E-state index in [4.69, 9.17) is 0 Å². The molecule has 0 aromatic heterocycles. The molecular formula is C32H41N3O4S. The Morgan fingerprint density at radius 3 is 2.00 bits per heavy atom. The lowest BCUT2D eigenvalue weighted by atomic mass is 10.0. The Kier molecular flexibility index (Phi) is 11.3. The van der Waals surface area contributed by atoms with Crippen LogP contribution in [0.15, 0.2) is 84.9 Å². The maximum absolute atomic E-state index is 14.2. The van der Waals surface area contributed by atoms with Gasteiger partial charge in [-0.2, -0.15) is 0 Å². The number of unbranched alkanes of at least 4 members (excludes halogenated alkanes) is 1. The van der Waals surface area contributed by atoms with Crippen LogP contribution in [0.4, 0.5) is 5.69 Å². The molecule has 0 bridgehead atoms. The van der Waals surface area contributed by atoms with Crippen molar-refractivity contribution in [2.45, 2.75) is 58.5 Å². The number of hydrogen-bond acceptors (Lipinski definition) is 4. The molecule has 3 aromatic carbocycles. The van der Waals surface area contributed by atoms with Crippen molar-refractivity contribution in [3.63, 3.8) is 0 Å². The van der Waals surface area contributed by atoms with Crippen molar-refractivity contribution >= 4 is 27.5 Å². The van der Waals surface area contributed by atoms with E-state index in [-0.39, 0.29) is 18.4 Å². The quantitative estimate of drug-likeness (QED) is 0.276. The summed E-state index contributed by atoms with van der Waals surface area (Å²) in [6.45, 7) is 6.28. The van der Waals surface area contributed by atoms with Crippen LogP contribution in [-0.4, -0.2) is 50.5 Å². The van der Waals surface area contributed by atoms with Crippen LogP contribution in [0.25, 0.3) is 0 Å². The van der Waals surface area contributed by atoms with E-state index in [1.165, 1.54) is 4.90 Å². The van der Waals surface area contributed by atoms with Crippen molar-refractivity contribution in [2.75, 3.05) is 23.7 Å². The number of para-hydroxylation sites is 1. The number of anilines is 1. The predicted molar refractivity (Wildman–Crippen MR) is 162 cm³/mol. The first-order valence-electron chi connectivity index (χ1n) is 13.8. The molecule has 3 rings (SSSR count). The second-order valence-corrected chi connectivity index (χ2v) is 12.2. The van der Waals surface area contributed by atoms with Gasteiger partial charge < -0.3 is 10.2 Å². The van der Waals surface area contributed by atoms with Crippen molar-refractivity contribution in [1.29, 1.82) is 0 Å². The Bertz CT molecular complexity index is 1340. The van der Waals surface area contributed by atoms with Gasteiger partial charge in [-0.3, -0.25) is 13.9 Å². The first-order valence-corrected chi connectivity index (χ1v) is 15.7. The minimum atomic E-state index is -3.81. The lowest BCUT2D eigenvalue weighted by Gasteiger charge is -2.34. The van der Waals surface area contributed by atoms with Gasteiger partial charge >= 0.3 is 0 Å². The number of amides is 2. The van der Waals surface area contributed by atoms with Gasteiger partial charge in [0.25, 0.3) is 0 Å². The molecule has 2 amide bonds. The van der Waals surface area contributed by atoms with Crippen molar-refractivity contribution in [3.8, 4) is 0 Å². The number of sulfonamides is 1. The number of rotatable bonds is 14. The molecule has 214 valence electrons. The fourth-order valence-corrected chi connectivity index (χ4v) is 5.51. The van der Waals surface area contributed by atoms with Crippen LogP contribution in [0.2, 0.25) is 0 Å². The number of carbonyl (C=O) groups is 2. The average Bonchev–Trinajstić information content (AvgIpc) is 2.94. The lowest BCUT2D eigenvalue weighted by Crippen LogP contribution is -2.53. The summed E-state index contributed by atoms with van der Waals surface area (Å²) in [5.41, 5.74) is 3.06. The summed E-state index contributed by atoms with van der Waals surface area (Å²) in [5.74, 6) is -0.652. The lowest BCUT2D eigenvalue weighted by molar-refractivity contribution is -0.140. The van der Waals surface area contributed by atoms with Gasteiger partial charge in [-0.15, -0.1) is 0 Å². The fraction of sp³-hybridized carbons (Fsp3) is 0.375. The molecule has 0 saturated heterocycles. The van der Waals surface area contributed by atoms with Gasteiger partial charge in [0.2, 0.25) is 21.8 Å². The van der Waals surface area contributed by atoms with Crippen molar-refractivity contribution in [3.05, 3.63) is 102 Å². The third kappa shape index (κ3) is 8.68. The van der Waals surface area contributed by atoms with E-state index in [0.717, 1.165) is 40.1 Å². The zero-order chi connectivity index (χ0) is 29.1. The third-order valence-electron chi connectivity index (χ3n) is 6.80. The molecule has 0 saturated carbocycles. The zero-order valence-corrected chi connectivity index (χ0v) is 24.7. The van der Waals surface area contributed by atoms with E-state index in [0.29, 0.717) is 18.7 Å². The van der Waals surface area contributed by atoms with Gasteiger partial charge in [0.1, 0.15) is 12.6 Å². The smallest absolute Gasteiger partial charge is 0.244 e. The molecule has 0 unspecified atom stereocenters. The molecule has 0 spiro atoms. The van der Waals surface area contributed by atoms with E-state index in [2.05, 4.69) is 5.32 Å². The first kappa shape index (κ1) is 30.9. The zero-order valence-electron chi connectivity index (χ0n) is 23.9. The highest BCUT2D eigenvalue weighted by atomic mass is 32.2. The number of benzene rings is 3. The van der Waals surface area contributed by atoms with E-state index in [9.17, 15) is 18.0 Å². The third-order valence-corrected chi connectivity index (χ3v) is 7.93. The Balaban J connectivity index is 2.05. The molecule has 0 heterocycles. The van der Waals surface area contributed by atoms with Crippen LogP contribution in [0, 0.1) is 0 Å². The number of hydrogen-bond donors (Lipinski definition) is 1. The molecule has 0 aliphatic heterocycles. The van der Waals surface area contributed by atoms with E-state index in [1.54, 1.807) is 12.1 Å². The van der Waals surface area contributed by atoms with Crippen LogP contribution in [-0.2, 0) is 32.6 Å². The van der Waals surface area contributed by atoms with E-state index in [1.807, 2.05) is 93.6 Å². The molecule has 40 heavy (non-hydrogen) atoms. The van der Waals surface area contributed by atoms with Crippen molar-refractivity contribution < 1.29 is 18.0 Å². The van der Waals surface area contributed by atoms with Gasteiger partial charge in [-0.1, -0.05) is 106 Å². The Morgan fingerprint density at radius 1 is 0.850 bits per heavy atom. The number of nitrogens with zero attached hydrogens (tertiary/aromatic N) is 2. The molecule has 1 N–H and O–H groups in total. The predicted octanol–water partition coefficient (Wildman–Crippen LogP) is 5.13. The Morgan fingerprint density at radius 2 is 1.43 bits per heavy atom. The molecule has 8 heteroatoms. The summed E-state index contributed by atoms with van der Waals surface area (Å²) in [6, 6.07) is 25.4. The molecule has 0 fully saturated rings. The summed E-state index contributed by atoms with van der Waals surface area (Å²) < 4.78 is 27.3. The highest BCUT2D eigenvalue weighted by Crippen LogP contribution is 2.29. The SMILES string of the molecule is CCCCNC(=O)[C@@H](Cc1ccccc1)N(Cc1ccccc1)C(=O)CN(c1ccccc1C(C)C)S(C)(=O)=O. The molecule has 0 aliphatic rings. The van der Waals surface area contributed by atoms with Crippen LogP contribution >= 0.6 is 0 Å². The summed E-state index contributed by atoms with van der Waals surface area (Å²) in [4.78, 5) is 29.3. The topological polar surface area (TPSA) is 86.8 Å². The Labute approximate surface area is 239 Å². The molecule has 3 aromatic rings. The second kappa shape index (κ2) is 14.7. The minimum Gasteiger partial charge on any atom is -0.354 e. The molecule has 0 aliphatic carbocycles. The number of carbonyl (C=O) groups excluding carboxylic acids is 2. The summed E-state index contributed by atoms with van der Waals surface area (Å²) in [5, 5.41) is 3.00. The highest BCUT2D eigenvalue weighted by Gasteiger charge is 2.33. The first-order chi connectivity index (χ1) is 19.1. The van der Waals surface area contributed by atoms with E-state index < -0.39 is 28.5 Å². The highest BCUT2D eigenvalue weighted by molar-refractivity contribution is 7.92. The van der Waals surface area contributed by atoms with Gasteiger partial charge in [0, 0.05) is 19.5 Å². The minimum absolute atomic E-state index is 0.0474. The van der Waals surface area contributed by atoms with Gasteiger partial charge in [0.05, 0.1) is 11.9 Å². The van der Waals surface area contributed by atoms with Crippen LogP contribution < -0.4 is 9.62 Å². The monoisotopic (exact) mass is 563 g/mol. The van der Waals surface area contributed by atoms with Gasteiger partial charge in [-0.25, -0.2) is 8.42 Å². The van der Waals surface area contributed by atoms with Crippen molar-refractivity contribution in [2.24, 2.45) is 0 Å². The second-order valence-electron chi connectivity index (χ2n) is 10.3. The largest absolute Gasteiger partial charge is 0.354 e. The molecule has 0 radical (unpaired) electrons.